The summed E-state index contributed by atoms with van der Waals surface area (Å²) in [4.78, 5) is 32.3. The highest BCUT2D eigenvalue weighted by Crippen LogP contribution is 2.52. The number of pyridine rings is 1. The predicted molar refractivity (Wildman–Crippen MR) is 120 cm³/mol. The van der Waals surface area contributed by atoms with E-state index in [1.807, 2.05) is 42.5 Å². The van der Waals surface area contributed by atoms with Crippen LogP contribution in [0.15, 0.2) is 54.9 Å². The maximum absolute atomic E-state index is 13.3. The maximum Gasteiger partial charge on any atom is 0.230 e. The molecule has 3 aliphatic rings. The molecule has 4 atom stereocenters. The van der Waals surface area contributed by atoms with Crippen LogP contribution in [0, 0.1) is 11.8 Å². The quantitative estimate of drug-likeness (QED) is 0.618. The molecule has 0 radical (unpaired) electrons. The molecule has 2 bridgehead atoms. The number of aromatic nitrogens is 1. The normalized spacial score (nSPS) is 27.0. The van der Waals surface area contributed by atoms with Gasteiger partial charge in [0.2, 0.25) is 11.8 Å². The van der Waals surface area contributed by atoms with Crippen molar-refractivity contribution in [2.45, 2.75) is 24.7 Å². The lowest BCUT2D eigenvalue weighted by molar-refractivity contribution is -0.137. The van der Waals surface area contributed by atoms with E-state index < -0.39 is 17.4 Å². The number of amides is 2. The zero-order chi connectivity index (χ0) is 23.0. The molecule has 2 fully saturated rings. The average molecular weight is 450 g/mol. The Morgan fingerprint density at radius 1 is 1.18 bits per heavy atom. The first-order valence-corrected chi connectivity index (χ1v) is 11.1. The van der Waals surface area contributed by atoms with E-state index in [2.05, 4.69) is 10.3 Å². The molecule has 0 unspecified atom stereocenters. The molecule has 2 saturated heterocycles. The number of hydrogen-bond acceptors (Lipinski definition) is 6. The third kappa shape index (κ3) is 3.74. The van der Waals surface area contributed by atoms with Gasteiger partial charge in [-0.15, -0.1) is 0 Å². The van der Waals surface area contributed by atoms with Crippen molar-refractivity contribution >= 4 is 11.8 Å². The van der Waals surface area contributed by atoms with E-state index in [1.165, 1.54) is 0 Å². The Kier molecular flexibility index (Phi) is 5.54. The van der Waals surface area contributed by atoms with Crippen molar-refractivity contribution in [3.8, 4) is 11.5 Å². The summed E-state index contributed by atoms with van der Waals surface area (Å²) >= 11 is 0. The highest BCUT2D eigenvalue weighted by atomic mass is 16.5. The summed E-state index contributed by atoms with van der Waals surface area (Å²) in [5.41, 5.74) is 1.32. The van der Waals surface area contributed by atoms with Gasteiger partial charge in [0, 0.05) is 25.5 Å². The Morgan fingerprint density at radius 3 is 2.73 bits per heavy atom. The highest BCUT2D eigenvalue weighted by molar-refractivity contribution is 5.93. The molecule has 1 aromatic carbocycles. The minimum absolute atomic E-state index is 0.0290. The molecule has 1 N–H and O–H groups in total. The highest BCUT2D eigenvalue weighted by Gasteiger charge is 2.66. The minimum atomic E-state index is -0.708. The van der Waals surface area contributed by atoms with Crippen LogP contribution in [0.5, 0.6) is 11.5 Å². The summed E-state index contributed by atoms with van der Waals surface area (Å²) in [5, 5.41) is 3.01. The third-order valence-corrected chi connectivity index (χ3v) is 6.77. The van der Waals surface area contributed by atoms with Gasteiger partial charge >= 0.3 is 0 Å². The zero-order valence-corrected chi connectivity index (χ0v) is 18.7. The first kappa shape index (κ1) is 21.5. The zero-order valence-electron chi connectivity index (χ0n) is 18.7. The van der Waals surface area contributed by atoms with Crippen LogP contribution in [0.25, 0.3) is 0 Å². The number of methoxy groups -OCH3 is 2. The molecule has 2 aromatic rings. The molecule has 172 valence electrons. The molecule has 8 heteroatoms. The molecular weight excluding hydrogens is 422 g/mol. The number of hydrogen-bond donors (Lipinski definition) is 1. The molecule has 8 nitrogen and oxygen atoms in total. The fourth-order valence-electron chi connectivity index (χ4n) is 5.20. The number of benzene rings is 1. The lowest BCUT2D eigenvalue weighted by Gasteiger charge is -2.23. The number of nitrogens with zero attached hydrogens (tertiary/aromatic N) is 2. The van der Waals surface area contributed by atoms with Gasteiger partial charge in [-0.25, -0.2) is 0 Å². The van der Waals surface area contributed by atoms with E-state index in [0.717, 1.165) is 11.1 Å². The largest absolute Gasteiger partial charge is 0.493 e. The third-order valence-electron chi connectivity index (χ3n) is 6.77. The number of likely N-dealkylation sites (tertiary alicyclic amines) is 1. The van der Waals surface area contributed by atoms with E-state index >= 15 is 0 Å². The molecule has 3 aliphatic heterocycles. The van der Waals surface area contributed by atoms with Crippen LogP contribution in [-0.2, 0) is 27.3 Å². The van der Waals surface area contributed by atoms with Crippen LogP contribution in [0.1, 0.15) is 11.1 Å². The summed E-state index contributed by atoms with van der Waals surface area (Å²) in [6.07, 6.45) is 7.61. The standard InChI is InChI=1S/C25H27N3O5/c1-31-18-4-3-16(13-20(18)32-2)8-12-27-23(29)21-19-5-9-25(33-19)15-28(24(30)22(21)25)14-17-6-10-26-11-7-17/h3-7,9-11,13,19,21-22H,8,12,14-15H2,1-2H3,(H,27,29)/t19-,21-,22-,25-/m0/s1. The Bertz CT molecular complexity index is 1090. The molecule has 4 heterocycles. The molecule has 2 amide bonds. The van der Waals surface area contributed by atoms with Gasteiger partial charge in [0.1, 0.15) is 5.60 Å². The summed E-state index contributed by atoms with van der Waals surface area (Å²) in [5.74, 6) is 0.138. The van der Waals surface area contributed by atoms with Crippen molar-refractivity contribution in [1.82, 2.24) is 15.2 Å². The Balaban J connectivity index is 1.24. The number of nitrogens with one attached hydrogen (secondary N) is 1. The van der Waals surface area contributed by atoms with Crippen LogP contribution in [-0.4, -0.2) is 60.7 Å². The van der Waals surface area contributed by atoms with E-state index in [1.54, 1.807) is 31.5 Å². The van der Waals surface area contributed by atoms with Crippen LogP contribution in [0.3, 0.4) is 0 Å². The van der Waals surface area contributed by atoms with Gasteiger partial charge < -0.3 is 24.4 Å². The van der Waals surface area contributed by atoms with E-state index in [-0.39, 0.29) is 17.9 Å². The average Bonchev–Trinajstić information content (AvgIpc) is 3.47. The number of ether oxygens (including phenoxy) is 3. The second-order valence-corrected chi connectivity index (χ2v) is 8.68. The lowest BCUT2D eigenvalue weighted by Crippen LogP contribution is -2.44. The summed E-state index contributed by atoms with van der Waals surface area (Å²) in [6, 6.07) is 9.49. The second kappa shape index (κ2) is 8.51. The number of carbonyl (C=O) groups is 2. The second-order valence-electron chi connectivity index (χ2n) is 8.68. The Morgan fingerprint density at radius 2 is 1.97 bits per heavy atom. The van der Waals surface area contributed by atoms with Crippen molar-refractivity contribution in [2.24, 2.45) is 11.8 Å². The minimum Gasteiger partial charge on any atom is -0.493 e. The molecule has 1 spiro atoms. The predicted octanol–water partition coefficient (Wildman–Crippen LogP) is 1.74. The van der Waals surface area contributed by atoms with E-state index in [0.29, 0.717) is 37.6 Å². The molecular formula is C25H27N3O5. The van der Waals surface area contributed by atoms with Crippen molar-refractivity contribution in [1.29, 1.82) is 0 Å². The Hall–Kier alpha value is -3.39. The van der Waals surface area contributed by atoms with E-state index in [4.69, 9.17) is 14.2 Å². The fraction of sp³-hybridized carbons (Fsp3) is 0.400. The van der Waals surface area contributed by atoms with Crippen LogP contribution in [0.4, 0.5) is 0 Å². The van der Waals surface area contributed by atoms with Crippen molar-refractivity contribution < 1.29 is 23.8 Å². The maximum atomic E-state index is 13.3. The summed E-state index contributed by atoms with van der Waals surface area (Å²) in [7, 11) is 3.19. The van der Waals surface area contributed by atoms with Gasteiger partial charge in [0.15, 0.2) is 11.5 Å². The Labute approximate surface area is 192 Å². The van der Waals surface area contributed by atoms with Gasteiger partial charge in [0.05, 0.1) is 38.7 Å². The van der Waals surface area contributed by atoms with Crippen LogP contribution >= 0.6 is 0 Å². The van der Waals surface area contributed by atoms with Gasteiger partial charge in [-0.1, -0.05) is 18.2 Å². The molecule has 0 saturated carbocycles. The van der Waals surface area contributed by atoms with Crippen molar-refractivity contribution in [2.75, 3.05) is 27.3 Å². The molecule has 0 aliphatic carbocycles. The molecule has 33 heavy (non-hydrogen) atoms. The number of fused-ring (bicyclic) bond motifs is 1. The number of rotatable bonds is 8. The first-order valence-electron chi connectivity index (χ1n) is 11.1. The summed E-state index contributed by atoms with van der Waals surface area (Å²) < 4.78 is 16.8. The lowest BCUT2D eigenvalue weighted by atomic mass is 9.77. The smallest absolute Gasteiger partial charge is 0.230 e. The van der Waals surface area contributed by atoms with Crippen LogP contribution < -0.4 is 14.8 Å². The number of carbonyl (C=O) groups excluding carboxylic acids is 2. The van der Waals surface area contributed by atoms with Crippen LogP contribution in [0.2, 0.25) is 0 Å². The monoisotopic (exact) mass is 449 g/mol. The first-order chi connectivity index (χ1) is 16.0. The van der Waals surface area contributed by atoms with Crippen molar-refractivity contribution in [3.63, 3.8) is 0 Å². The van der Waals surface area contributed by atoms with Crippen molar-refractivity contribution in [3.05, 3.63) is 66.0 Å². The molecule has 1 aromatic heterocycles. The fourth-order valence-corrected chi connectivity index (χ4v) is 5.20. The van der Waals surface area contributed by atoms with Gasteiger partial charge in [-0.05, 0) is 41.8 Å². The topological polar surface area (TPSA) is 90.0 Å². The molecule has 5 rings (SSSR count). The van der Waals surface area contributed by atoms with Gasteiger partial charge in [0.25, 0.3) is 0 Å². The summed E-state index contributed by atoms with van der Waals surface area (Å²) in [6.45, 7) is 1.40. The van der Waals surface area contributed by atoms with E-state index in [9.17, 15) is 9.59 Å². The van der Waals surface area contributed by atoms with Gasteiger partial charge in [-0.3, -0.25) is 14.6 Å². The SMILES string of the molecule is COc1ccc(CCNC(=O)[C@H]2[C@@H]3C=C[C@@]4(CN(Cc5ccncc5)C(=O)[C@H]24)O3)cc1OC. The van der Waals surface area contributed by atoms with Gasteiger partial charge in [-0.2, -0.15) is 0 Å².